The number of carbonyl (C=O) groups excluding carboxylic acids is 1. The van der Waals surface area contributed by atoms with E-state index < -0.39 is 15.0 Å². The molecule has 1 fully saturated rings. The van der Waals surface area contributed by atoms with Crippen molar-refractivity contribution in [3.63, 3.8) is 0 Å². The van der Waals surface area contributed by atoms with Crippen LogP contribution in [0.4, 0.5) is 5.69 Å². The van der Waals surface area contributed by atoms with Gasteiger partial charge >= 0.3 is 10.1 Å². The molecule has 12 heteroatoms. The first-order valence-electron chi connectivity index (χ1n) is 8.87. The van der Waals surface area contributed by atoms with Gasteiger partial charge in [0.15, 0.2) is 0 Å². The van der Waals surface area contributed by atoms with Crippen LogP contribution >= 0.6 is 24.0 Å². The number of thiocarbonyl (C=S) groups is 1. The SMILES string of the molecule is Cc1ccc([N+](=O)[O-])cc1S(=O)(=O)Oc1ccc(/C=C2/SC(=S)N(CCN)C2=O)cc1. The van der Waals surface area contributed by atoms with Gasteiger partial charge < -0.3 is 9.92 Å². The number of thioether (sulfide) groups is 1. The first-order chi connectivity index (χ1) is 14.6. The van der Waals surface area contributed by atoms with Gasteiger partial charge in [-0.05, 0) is 36.3 Å². The molecule has 1 heterocycles. The summed E-state index contributed by atoms with van der Waals surface area (Å²) in [4.78, 5) is 24.2. The molecule has 0 spiro atoms. The van der Waals surface area contributed by atoms with Crippen molar-refractivity contribution in [1.29, 1.82) is 0 Å². The fourth-order valence-corrected chi connectivity index (χ4v) is 5.23. The van der Waals surface area contributed by atoms with Crippen molar-refractivity contribution in [2.45, 2.75) is 11.8 Å². The molecule has 0 bridgehead atoms. The van der Waals surface area contributed by atoms with Crippen LogP contribution in [0.3, 0.4) is 0 Å². The summed E-state index contributed by atoms with van der Waals surface area (Å²) >= 11 is 6.35. The fraction of sp³-hybridized carbons (Fsp3) is 0.158. The molecule has 2 N–H and O–H groups in total. The van der Waals surface area contributed by atoms with Gasteiger partial charge in [-0.1, -0.05) is 42.2 Å². The second-order valence-corrected chi connectivity index (χ2v) is 9.63. The Kier molecular flexibility index (Phi) is 6.74. The van der Waals surface area contributed by atoms with Crippen molar-refractivity contribution < 1.29 is 22.3 Å². The van der Waals surface area contributed by atoms with Crippen LogP contribution in [0.25, 0.3) is 6.08 Å². The Morgan fingerprint density at radius 1 is 1.26 bits per heavy atom. The van der Waals surface area contributed by atoms with Gasteiger partial charge in [-0.3, -0.25) is 19.8 Å². The number of nitro benzene ring substituents is 1. The largest absolute Gasteiger partial charge is 0.379 e. The minimum absolute atomic E-state index is 0.0266. The number of hydrogen-bond donors (Lipinski definition) is 1. The third kappa shape index (κ3) is 5.10. The maximum absolute atomic E-state index is 12.6. The van der Waals surface area contributed by atoms with Crippen LogP contribution < -0.4 is 9.92 Å². The van der Waals surface area contributed by atoms with E-state index in [2.05, 4.69) is 0 Å². The van der Waals surface area contributed by atoms with Gasteiger partial charge in [0.25, 0.3) is 11.6 Å². The number of benzene rings is 2. The molecule has 31 heavy (non-hydrogen) atoms. The van der Waals surface area contributed by atoms with Gasteiger partial charge in [-0.2, -0.15) is 8.42 Å². The molecule has 3 rings (SSSR count). The topological polar surface area (TPSA) is 133 Å². The van der Waals surface area contributed by atoms with E-state index in [9.17, 15) is 23.3 Å². The van der Waals surface area contributed by atoms with Gasteiger partial charge in [0, 0.05) is 25.2 Å². The maximum atomic E-state index is 12.6. The third-order valence-electron chi connectivity index (χ3n) is 4.26. The third-order valence-corrected chi connectivity index (χ3v) is 7.03. The smallest absolute Gasteiger partial charge is 0.339 e. The molecular formula is C19H17N3O6S3. The molecule has 9 nitrogen and oxygen atoms in total. The molecule has 1 aliphatic heterocycles. The predicted molar refractivity (Wildman–Crippen MR) is 121 cm³/mol. The average molecular weight is 480 g/mol. The number of hydrogen-bond acceptors (Lipinski definition) is 9. The normalized spacial score (nSPS) is 15.5. The molecule has 0 saturated carbocycles. The monoisotopic (exact) mass is 479 g/mol. The lowest BCUT2D eigenvalue weighted by atomic mass is 10.2. The molecule has 162 valence electrons. The van der Waals surface area contributed by atoms with E-state index in [-0.39, 0.29) is 22.2 Å². The van der Waals surface area contributed by atoms with E-state index in [0.29, 0.717) is 33.4 Å². The Balaban J connectivity index is 1.80. The summed E-state index contributed by atoms with van der Waals surface area (Å²) in [5.41, 5.74) is 6.11. The molecule has 0 aromatic heterocycles. The number of nitrogens with zero attached hydrogens (tertiary/aromatic N) is 2. The Hall–Kier alpha value is -2.80. The van der Waals surface area contributed by atoms with Crippen molar-refractivity contribution in [2.75, 3.05) is 13.1 Å². The zero-order chi connectivity index (χ0) is 22.8. The van der Waals surface area contributed by atoms with E-state index in [1.165, 1.54) is 36.1 Å². The van der Waals surface area contributed by atoms with Crippen molar-refractivity contribution in [3.05, 3.63) is 68.6 Å². The van der Waals surface area contributed by atoms with E-state index in [4.69, 9.17) is 22.1 Å². The van der Waals surface area contributed by atoms with Gasteiger partial charge in [0.05, 0.1) is 9.83 Å². The molecule has 1 aliphatic rings. The highest BCUT2D eigenvalue weighted by atomic mass is 32.2. The van der Waals surface area contributed by atoms with E-state index >= 15 is 0 Å². The van der Waals surface area contributed by atoms with Crippen molar-refractivity contribution >= 4 is 56.1 Å². The van der Waals surface area contributed by atoms with Gasteiger partial charge in [-0.15, -0.1) is 0 Å². The quantitative estimate of drug-likeness (QED) is 0.209. The van der Waals surface area contributed by atoms with Crippen LogP contribution in [0.15, 0.2) is 52.3 Å². The number of carbonyl (C=O) groups is 1. The number of aryl methyl sites for hydroxylation is 1. The average Bonchev–Trinajstić information content (AvgIpc) is 2.97. The van der Waals surface area contributed by atoms with Crippen molar-refractivity contribution in [2.24, 2.45) is 5.73 Å². The molecule has 0 aliphatic carbocycles. The number of amides is 1. The lowest BCUT2D eigenvalue weighted by molar-refractivity contribution is -0.385. The lowest BCUT2D eigenvalue weighted by Crippen LogP contribution is -2.32. The highest BCUT2D eigenvalue weighted by Gasteiger charge is 2.31. The fourth-order valence-electron chi connectivity index (χ4n) is 2.74. The van der Waals surface area contributed by atoms with Crippen LogP contribution in [0, 0.1) is 17.0 Å². The minimum Gasteiger partial charge on any atom is -0.379 e. The molecule has 2 aromatic carbocycles. The molecule has 0 atom stereocenters. The molecule has 2 aromatic rings. The van der Waals surface area contributed by atoms with Crippen LogP contribution in [-0.2, 0) is 14.9 Å². The second kappa shape index (κ2) is 9.14. The second-order valence-electron chi connectivity index (χ2n) is 6.44. The zero-order valence-electron chi connectivity index (χ0n) is 16.2. The van der Waals surface area contributed by atoms with Gasteiger partial charge in [0.2, 0.25) is 0 Å². The highest BCUT2D eigenvalue weighted by Crippen LogP contribution is 2.32. The lowest BCUT2D eigenvalue weighted by Gasteiger charge is -2.11. The zero-order valence-corrected chi connectivity index (χ0v) is 18.6. The van der Waals surface area contributed by atoms with E-state index in [0.717, 1.165) is 17.8 Å². The Morgan fingerprint density at radius 2 is 1.94 bits per heavy atom. The summed E-state index contributed by atoms with van der Waals surface area (Å²) in [6, 6.07) is 9.55. The summed E-state index contributed by atoms with van der Waals surface area (Å²) < 4.78 is 30.8. The maximum Gasteiger partial charge on any atom is 0.339 e. The highest BCUT2D eigenvalue weighted by molar-refractivity contribution is 8.26. The molecular weight excluding hydrogens is 462 g/mol. The van der Waals surface area contributed by atoms with Crippen LogP contribution in [-0.4, -0.2) is 41.6 Å². The summed E-state index contributed by atoms with van der Waals surface area (Å²) in [6.07, 6.45) is 1.64. The van der Waals surface area contributed by atoms with Crippen LogP contribution in [0.2, 0.25) is 0 Å². The summed E-state index contributed by atoms with van der Waals surface area (Å²) in [6.45, 7) is 2.15. The van der Waals surface area contributed by atoms with Crippen molar-refractivity contribution in [3.8, 4) is 5.75 Å². The van der Waals surface area contributed by atoms with E-state index in [1.54, 1.807) is 18.2 Å². The Morgan fingerprint density at radius 3 is 2.55 bits per heavy atom. The first kappa shape index (κ1) is 22.9. The Labute approximate surface area is 188 Å². The van der Waals surface area contributed by atoms with Crippen LogP contribution in [0.5, 0.6) is 5.75 Å². The number of nitrogens with two attached hydrogens (primary N) is 1. The molecule has 1 saturated heterocycles. The van der Waals surface area contributed by atoms with Crippen LogP contribution in [0.1, 0.15) is 11.1 Å². The predicted octanol–water partition coefficient (Wildman–Crippen LogP) is 2.83. The number of non-ortho nitro benzene ring substituents is 1. The van der Waals surface area contributed by atoms with E-state index in [1.807, 2.05) is 0 Å². The minimum atomic E-state index is -4.28. The molecule has 0 unspecified atom stereocenters. The summed E-state index contributed by atoms with van der Waals surface area (Å²) in [5.74, 6) is -0.205. The Bertz CT molecular complexity index is 1190. The molecule has 1 amide bonds. The molecule has 0 radical (unpaired) electrons. The summed E-state index contributed by atoms with van der Waals surface area (Å²) in [5, 5.41) is 11.0. The standard InChI is InChI=1S/C19H17N3O6S3/c1-12-2-5-14(22(24)25)11-17(12)31(26,27)28-15-6-3-13(4-7-15)10-16-18(23)21(9-8-20)19(29)30-16/h2-7,10-11H,8-9,20H2,1H3/b16-10+. The van der Waals surface area contributed by atoms with Gasteiger partial charge in [-0.25, -0.2) is 0 Å². The first-order valence-corrected chi connectivity index (χ1v) is 11.5. The van der Waals surface area contributed by atoms with Gasteiger partial charge in [0.1, 0.15) is 15.0 Å². The summed E-state index contributed by atoms with van der Waals surface area (Å²) in [7, 11) is -4.28. The number of rotatable bonds is 7. The van der Waals surface area contributed by atoms with Crippen molar-refractivity contribution in [1.82, 2.24) is 4.90 Å². The number of nitro groups is 1.